The van der Waals surface area contributed by atoms with Crippen molar-refractivity contribution in [1.29, 1.82) is 0 Å². The van der Waals surface area contributed by atoms with E-state index in [9.17, 15) is 4.79 Å². The molecule has 0 saturated carbocycles. The molecule has 2 aromatic rings. The molecule has 0 spiro atoms. The zero-order valence-corrected chi connectivity index (χ0v) is 13.0. The largest absolute Gasteiger partial charge is 0.497 e. The fourth-order valence-electron chi connectivity index (χ4n) is 1.94. The van der Waals surface area contributed by atoms with Crippen molar-refractivity contribution in [2.45, 2.75) is 0 Å². The first-order chi connectivity index (χ1) is 11.2. The van der Waals surface area contributed by atoms with Gasteiger partial charge in [0.15, 0.2) is 0 Å². The molecule has 120 valence electrons. The number of nitrogens with one attached hydrogen (secondary N) is 2. The van der Waals surface area contributed by atoms with Crippen LogP contribution in [0.2, 0.25) is 0 Å². The molecule has 0 fully saturated rings. The first-order valence-corrected chi connectivity index (χ1v) is 7.23. The van der Waals surface area contributed by atoms with Crippen molar-refractivity contribution in [3.8, 4) is 11.5 Å². The second-order valence-corrected chi connectivity index (χ2v) is 4.73. The predicted molar refractivity (Wildman–Crippen MR) is 92.2 cm³/mol. The Balaban J connectivity index is 1.89. The number of carbonyl (C=O) groups is 1. The molecule has 0 aliphatic carbocycles. The molecule has 5 heteroatoms. The average Bonchev–Trinajstić information content (AvgIpc) is 2.59. The summed E-state index contributed by atoms with van der Waals surface area (Å²) in [6, 6.07) is 14.6. The van der Waals surface area contributed by atoms with Gasteiger partial charge in [-0.3, -0.25) is 4.79 Å². The quantitative estimate of drug-likeness (QED) is 0.734. The number of benzene rings is 2. The van der Waals surface area contributed by atoms with E-state index in [2.05, 4.69) is 17.2 Å². The Morgan fingerprint density at radius 3 is 2.61 bits per heavy atom. The van der Waals surface area contributed by atoms with E-state index in [1.807, 2.05) is 24.3 Å². The van der Waals surface area contributed by atoms with Crippen LogP contribution in [0.5, 0.6) is 11.5 Å². The van der Waals surface area contributed by atoms with E-state index in [0.29, 0.717) is 18.0 Å². The number of carbonyl (C=O) groups excluding carboxylic acids is 1. The number of ether oxygens (including phenoxy) is 2. The van der Waals surface area contributed by atoms with Gasteiger partial charge in [0.2, 0.25) is 5.91 Å². The van der Waals surface area contributed by atoms with Crippen LogP contribution in [0.15, 0.2) is 61.2 Å². The first-order valence-electron chi connectivity index (χ1n) is 7.23. The first kappa shape index (κ1) is 16.4. The SMILES string of the molecule is C=CCOc1ccccc1NCC(=O)Nc1ccc(OC)cc1. The smallest absolute Gasteiger partial charge is 0.243 e. The third-order valence-electron chi connectivity index (χ3n) is 3.06. The molecule has 23 heavy (non-hydrogen) atoms. The van der Waals surface area contributed by atoms with E-state index in [4.69, 9.17) is 9.47 Å². The van der Waals surface area contributed by atoms with Crippen LogP contribution in [0, 0.1) is 0 Å². The van der Waals surface area contributed by atoms with E-state index in [-0.39, 0.29) is 12.5 Å². The lowest BCUT2D eigenvalue weighted by atomic mass is 10.3. The van der Waals surface area contributed by atoms with Gasteiger partial charge in [-0.2, -0.15) is 0 Å². The molecular weight excluding hydrogens is 292 g/mol. The highest BCUT2D eigenvalue weighted by Gasteiger charge is 2.06. The molecule has 5 nitrogen and oxygen atoms in total. The van der Waals surface area contributed by atoms with Gasteiger partial charge in [0.05, 0.1) is 19.3 Å². The summed E-state index contributed by atoms with van der Waals surface area (Å²) in [5.41, 5.74) is 1.48. The molecule has 0 unspecified atom stereocenters. The molecule has 2 aromatic carbocycles. The molecule has 0 aliphatic heterocycles. The van der Waals surface area contributed by atoms with Gasteiger partial charge in [0, 0.05) is 5.69 Å². The molecule has 0 aliphatic rings. The Bertz CT molecular complexity index is 654. The van der Waals surface area contributed by atoms with Gasteiger partial charge in [-0.25, -0.2) is 0 Å². The van der Waals surface area contributed by atoms with Gasteiger partial charge in [0.1, 0.15) is 18.1 Å². The van der Waals surface area contributed by atoms with E-state index in [1.54, 1.807) is 37.5 Å². The Morgan fingerprint density at radius 1 is 1.17 bits per heavy atom. The molecule has 1 amide bonds. The van der Waals surface area contributed by atoms with Gasteiger partial charge in [-0.15, -0.1) is 0 Å². The lowest BCUT2D eigenvalue weighted by Crippen LogP contribution is -2.22. The third-order valence-corrected chi connectivity index (χ3v) is 3.06. The maximum absolute atomic E-state index is 12.0. The second kappa shape index (κ2) is 8.48. The van der Waals surface area contributed by atoms with Gasteiger partial charge in [0.25, 0.3) is 0 Å². The Kier molecular flexibility index (Phi) is 6.06. The lowest BCUT2D eigenvalue weighted by Gasteiger charge is -2.12. The Hall–Kier alpha value is -2.95. The van der Waals surface area contributed by atoms with E-state index >= 15 is 0 Å². The minimum Gasteiger partial charge on any atom is -0.497 e. The number of amides is 1. The van der Waals surface area contributed by atoms with Crippen molar-refractivity contribution in [3.05, 3.63) is 61.2 Å². The summed E-state index contributed by atoms with van der Waals surface area (Å²) in [4.78, 5) is 12.0. The van der Waals surface area contributed by atoms with Crippen LogP contribution in [0.1, 0.15) is 0 Å². The molecule has 0 atom stereocenters. The van der Waals surface area contributed by atoms with Crippen molar-refractivity contribution in [3.63, 3.8) is 0 Å². The summed E-state index contributed by atoms with van der Waals surface area (Å²) in [5.74, 6) is 1.28. The zero-order chi connectivity index (χ0) is 16.5. The number of methoxy groups -OCH3 is 1. The van der Waals surface area contributed by atoms with Crippen LogP contribution in [0.3, 0.4) is 0 Å². The Morgan fingerprint density at radius 2 is 1.91 bits per heavy atom. The normalized spacial score (nSPS) is 9.78. The number of anilines is 2. The second-order valence-electron chi connectivity index (χ2n) is 4.73. The van der Waals surface area contributed by atoms with Gasteiger partial charge < -0.3 is 20.1 Å². The number of para-hydroxylation sites is 2. The molecule has 0 saturated heterocycles. The number of hydrogen-bond acceptors (Lipinski definition) is 4. The summed E-state index contributed by atoms with van der Waals surface area (Å²) in [6.07, 6.45) is 1.67. The molecule has 2 rings (SSSR count). The summed E-state index contributed by atoms with van der Waals surface area (Å²) < 4.78 is 10.6. The molecule has 0 radical (unpaired) electrons. The van der Waals surface area contributed by atoms with Crippen LogP contribution in [0.4, 0.5) is 11.4 Å². The molecule has 2 N–H and O–H groups in total. The van der Waals surface area contributed by atoms with Gasteiger partial charge in [-0.05, 0) is 36.4 Å². The highest BCUT2D eigenvalue weighted by atomic mass is 16.5. The fraction of sp³-hybridized carbons (Fsp3) is 0.167. The summed E-state index contributed by atoms with van der Waals surface area (Å²) in [5, 5.41) is 5.88. The van der Waals surface area contributed by atoms with Crippen molar-refractivity contribution in [1.82, 2.24) is 0 Å². The Labute approximate surface area is 135 Å². The van der Waals surface area contributed by atoms with Crippen molar-refractivity contribution >= 4 is 17.3 Å². The third kappa shape index (κ3) is 5.07. The average molecular weight is 312 g/mol. The monoisotopic (exact) mass is 312 g/mol. The van der Waals surface area contributed by atoms with E-state index in [0.717, 1.165) is 11.4 Å². The lowest BCUT2D eigenvalue weighted by molar-refractivity contribution is -0.114. The molecular formula is C18H20N2O3. The minimum absolute atomic E-state index is 0.139. The standard InChI is InChI=1S/C18H20N2O3/c1-3-12-23-17-7-5-4-6-16(17)19-13-18(21)20-14-8-10-15(22-2)11-9-14/h3-11,19H,1,12-13H2,2H3,(H,20,21). The van der Waals surface area contributed by atoms with Crippen molar-refractivity contribution < 1.29 is 14.3 Å². The van der Waals surface area contributed by atoms with Crippen molar-refractivity contribution in [2.24, 2.45) is 0 Å². The highest BCUT2D eigenvalue weighted by molar-refractivity contribution is 5.94. The fourth-order valence-corrected chi connectivity index (χ4v) is 1.94. The number of rotatable bonds is 8. The molecule has 0 bridgehead atoms. The maximum atomic E-state index is 12.0. The van der Waals surface area contributed by atoms with Crippen LogP contribution < -0.4 is 20.1 Å². The van der Waals surface area contributed by atoms with Crippen LogP contribution >= 0.6 is 0 Å². The summed E-state index contributed by atoms with van der Waals surface area (Å²) in [6.45, 7) is 4.17. The van der Waals surface area contributed by atoms with E-state index in [1.165, 1.54) is 0 Å². The highest BCUT2D eigenvalue weighted by Crippen LogP contribution is 2.23. The predicted octanol–water partition coefficient (Wildman–Crippen LogP) is 3.31. The molecule has 0 aromatic heterocycles. The van der Waals surface area contributed by atoms with Gasteiger partial charge >= 0.3 is 0 Å². The van der Waals surface area contributed by atoms with Crippen LogP contribution in [-0.4, -0.2) is 26.2 Å². The maximum Gasteiger partial charge on any atom is 0.243 e. The zero-order valence-electron chi connectivity index (χ0n) is 13.0. The molecule has 0 heterocycles. The summed E-state index contributed by atoms with van der Waals surface area (Å²) in [7, 11) is 1.60. The van der Waals surface area contributed by atoms with E-state index < -0.39 is 0 Å². The van der Waals surface area contributed by atoms with Crippen LogP contribution in [-0.2, 0) is 4.79 Å². The van der Waals surface area contributed by atoms with Gasteiger partial charge in [-0.1, -0.05) is 24.8 Å². The van der Waals surface area contributed by atoms with Crippen molar-refractivity contribution in [2.75, 3.05) is 30.9 Å². The minimum atomic E-state index is -0.145. The summed E-state index contributed by atoms with van der Waals surface area (Å²) >= 11 is 0. The topological polar surface area (TPSA) is 59.6 Å². The van der Waals surface area contributed by atoms with Crippen LogP contribution in [0.25, 0.3) is 0 Å². The number of hydrogen-bond donors (Lipinski definition) is 2.